The van der Waals surface area contributed by atoms with Crippen LogP contribution in [0.4, 0.5) is 11.6 Å². The Morgan fingerprint density at radius 2 is 1.96 bits per heavy atom. The third-order valence-corrected chi connectivity index (χ3v) is 3.70. The van der Waals surface area contributed by atoms with Crippen LogP contribution in [0.15, 0.2) is 60.9 Å². The van der Waals surface area contributed by atoms with E-state index in [1.807, 2.05) is 47.9 Å². The van der Waals surface area contributed by atoms with E-state index in [9.17, 15) is 5.11 Å². The van der Waals surface area contributed by atoms with Gasteiger partial charge in [0.2, 0.25) is 5.95 Å². The molecule has 0 aliphatic heterocycles. The average molecular weight is 317 g/mol. The molecule has 0 spiro atoms. The van der Waals surface area contributed by atoms with Gasteiger partial charge in [-0.1, -0.05) is 12.1 Å². The van der Waals surface area contributed by atoms with Gasteiger partial charge in [-0.2, -0.15) is 0 Å². The summed E-state index contributed by atoms with van der Waals surface area (Å²) in [6.45, 7) is 1.97. The Balaban J connectivity index is 1.76. The zero-order valence-electron chi connectivity index (χ0n) is 13.0. The summed E-state index contributed by atoms with van der Waals surface area (Å²) in [5.74, 6) is 0.650. The van der Waals surface area contributed by atoms with Crippen LogP contribution in [0.25, 0.3) is 17.0 Å². The molecular weight excluding hydrogens is 302 g/mol. The summed E-state index contributed by atoms with van der Waals surface area (Å²) in [5, 5.41) is 12.7. The fourth-order valence-corrected chi connectivity index (χ4v) is 2.69. The monoisotopic (exact) mass is 317 g/mol. The summed E-state index contributed by atoms with van der Waals surface area (Å²) in [4.78, 5) is 13.4. The molecule has 0 fully saturated rings. The van der Waals surface area contributed by atoms with E-state index in [1.165, 1.54) is 0 Å². The molecule has 118 valence electrons. The molecule has 4 aromatic rings. The maximum absolute atomic E-state index is 9.56. The molecule has 0 unspecified atom stereocenters. The first-order valence-electron chi connectivity index (χ1n) is 7.54. The van der Waals surface area contributed by atoms with Crippen LogP contribution in [-0.4, -0.2) is 24.5 Å². The number of nitrogens with one attached hydrogen (secondary N) is 1. The highest BCUT2D eigenvalue weighted by molar-refractivity contribution is 5.65. The number of aromatic nitrogens is 4. The van der Waals surface area contributed by atoms with E-state index in [1.54, 1.807) is 24.4 Å². The Hall–Kier alpha value is -3.41. The van der Waals surface area contributed by atoms with Crippen molar-refractivity contribution in [3.63, 3.8) is 0 Å². The highest BCUT2D eigenvalue weighted by Gasteiger charge is 2.12. The highest BCUT2D eigenvalue weighted by atomic mass is 16.3. The first kappa shape index (κ1) is 14.2. The minimum Gasteiger partial charge on any atom is -0.508 e. The number of imidazole rings is 1. The van der Waals surface area contributed by atoms with Crippen LogP contribution in [0.1, 0.15) is 5.69 Å². The zero-order valence-corrected chi connectivity index (χ0v) is 13.0. The van der Waals surface area contributed by atoms with Crippen molar-refractivity contribution in [2.45, 2.75) is 6.92 Å². The van der Waals surface area contributed by atoms with E-state index in [-0.39, 0.29) is 5.75 Å². The summed E-state index contributed by atoms with van der Waals surface area (Å²) < 4.78 is 2.01. The maximum atomic E-state index is 9.56. The number of anilines is 2. The van der Waals surface area contributed by atoms with E-state index in [4.69, 9.17) is 0 Å². The lowest BCUT2D eigenvalue weighted by Gasteiger charge is -2.07. The molecule has 6 heteroatoms. The highest BCUT2D eigenvalue weighted by Crippen LogP contribution is 2.24. The van der Waals surface area contributed by atoms with E-state index in [0.717, 1.165) is 28.4 Å². The lowest BCUT2D eigenvalue weighted by Crippen LogP contribution is -1.99. The molecule has 0 saturated carbocycles. The molecule has 2 N–H and O–H groups in total. The molecule has 3 aromatic heterocycles. The summed E-state index contributed by atoms with van der Waals surface area (Å²) in [5.41, 5.74) is 4.23. The van der Waals surface area contributed by atoms with Gasteiger partial charge in [0, 0.05) is 24.1 Å². The van der Waals surface area contributed by atoms with Gasteiger partial charge in [-0.25, -0.2) is 15.0 Å². The Bertz CT molecular complexity index is 1020. The Morgan fingerprint density at radius 1 is 1.04 bits per heavy atom. The Kier molecular flexibility index (Phi) is 3.35. The first-order chi connectivity index (χ1) is 11.7. The van der Waals surface area contributed by atoms with Gasteiger partial charge in [0.05, 0.1) is 17.1 Å². The number of hydrogen-bond acceptors (Lipinski definition) is 5. The number of fused-ring (bicyclic) bond motifs is 1. The predicted molar refractivity (Wildman–Crippen MR) is 92.3 cm³/mol. The summed E-state index contributed by atoms with van der Waals surface area (Å²) in [6, 6.07) is 14.6. The van der Waals surface area contributed by atoms with Crippen LogP contribution in [0.2, 0.25) is 0 Å². The maximum Gasteiger partial charge on any atom is 0.227 e. The van der Waals surface area contributed by atoms with Gasteiger partial charge in [-0.15, -0.1) is 0 Å². The minimum atomic E-state index is 0.189. The van der Waals surface area contributed by atoms with Crippen LogP contribution in [0.5, 0.6) is 5.75 Å². The van der Waals surface area contributed by atoms with E-state index in [2.05, 4.69) is 20.3 Å². The predicted octanol–water partition coefficient (Wildman–Crippen LogP) is 3.55. The van der Waals surface area contributed by atoms with Crippen LogP contribution >= 0.6 is 0 Å². The van der Waals surface area contributed by atoms with Crippen molar-refractivity contribution in [2.24, 2.45) is 0 Å². The number of phenols is 1. The molecule has 0 bridgehead atoms. The van der Waals surface area contributed by atoms with E-state index < -0.39 is 0 Å². The molecule has 24 heavy (non-hydrogen) atoms. The molecular formula is C18H15N5O. The quantitative estimate of drug-likeness (QED) is 0.604. The molecule has 0 radical (unpaired) electrons. The van der Waals surface area contributed by atoms with Gasteiger partial charge < -0.3 is 10.4 Å². The fourth-order valence-electron chi connectivity index (χ4n) is 2.69. The SMILES string of the molecule is Cc1nc2ccccn2c1-c1ccnc(Nc2cccc(O)c2)n1. The molecule has 0 atom stereocenters. The van der Waals surface area contributed by atoms with Crippen LogP contribution in [-0.2, 0) is 0 Å². The second-order valence-electron chi connectivity index (χ2n) is 5.42. The van der Waals surface area contributed by atoms with Crippen molar-refractivity contribution in [2.75, 3.05) is 5.32 Å². The van der Waals surface area contributed by atoms with Gasteiger partial charge in [-0.05, 0) is 37.3 Å². The second-order valence-corrected chi connectivity index (χ2v) is 5.42. The molecule has 0 amide bonds. The van der Waals surface area contributed by atoms with E-state index in [0.29, 0.717) is 5.95 Å². The normalized spacial score (nSPS) is 10.9. The molecule has 3 heterocycles. The van der Waals surface area contributed by atoms with Crippen LogP contribution < -0.4 is 5.32 Å². The number of pyridine rings is 1. The van der Waals surface area contributed by atoms with Gasteiger partial charge in [0.15, 0.2) is 0 Å². The first-order valence-corrected chi connectivity index (χ1v) is 7.54. The van der Waals surface area contributed by atoms with Gasteiger partial charge >= 0.3 is 0 Å². The molecule has 1 aromatic carbocycles. The lowest BCUT2D eigenvalue weighted by atomic mass is 10.2. The summed E-state index contributed by atoms with van der Waals surface area (Å²) in [6.07, 6.45) is 3.67. The van der Waals surface area contributed by atoms with E-state index >= 15 is 0 Å². The minimum absolute atomic E-state index is 0.189. The standard InChI is InChI=1S/C18H15N5O/c1-12-17(23-10-3-2-7-16(23)20-12)15-8-9-19-18(22-15)21-13-5-4-6-14(24)11-13/h2-11,24H,1H3,(H,19,21,22). The van der Waals surface area contributed by atoms with Crippen molar-refractivity contribution in [3.05, 3.63) is 66.6 Å². The number of rotatable bonds is 3. The molecule has 4 rings (SSSR count). The largest absolute Gasteiger partial charge is 0.508 e. The Labute approximate surface area is 138 Å². The van der Waals surface area contributed by atoms with Gasteiger partial charge in [0.1, 0.15) is 11.4 Å². The summed E-state index contributed by atoms with van der Waals surface area (Å²) >= 11 is 0. The van der Waals surface area contributed by atoms with Crippen molar-refractivity contribution < 1.29 is 5.11 Å². The molecule has 6 nitrogen and oxygen atoms in total. The second kappa shape index (κ2) is 5.66. The van der Waals surface area contributed by atoms with Gasteiger partial charge in [0.25, 0.3) is 0 Å². The van der Waals surface area contributed by atoms with Crippen molar-refractivity contribution in [1.29, 1.82) is 0 Å². The summed E-state index contributed by atoms with van der Waals surface area (Å²) in [7, 11) is 0. The number of nitrogens with zero attached hydrogens (tertiary/aromatic N) is 4. The van der Waals surface area contributed by atoms with Crippen molar-refractivity contribution in [1.82, 2.24) is 19.4 Å². The third-order valence-electron chi connectivity index (χ3n) is 3.70. The number of hydrogen-bond donors (Lipinski definition) is 2. The number of aromatic hydroxyl groups is 1. The van der Waals surface area contributed by atoms with Crippen molar-refractivity contribution in [3.8, 4) is 17.1 Å². The van der Waals surface area contributed by atoms with Crippen molar-refractivity contribution >= 4 is 17.3 Å². The number of aryl methyl sites for hydroxylation is 1. The zero-order chi connectivity index (χ0) is 16.5. The molecule has 0 aliphatic rings. The number of phenolic OH excluding ortho intramolecular Hbond substituents is 1. The lowest BCUT2D eigenvalue weighted by molar-refractivity contribution is 0.475. The van der Waals surface area contributed by atoms with Crippen LogP contribution in [0, 0.1) is 6.92 Å². The van der Waals surface area contributed by atoms with Gasteiger partial charge in [-0.3, -0.25) is 4.40 Å². The third kappa shape index (κ3) is 2.54. The topological polar surface area (TPSA) is 75.3 Å². The van der Waals surface area contributed by atoms with Crippen LogP contribution in [0.3, 0.4) is 0 Å². The smallest absolute Gasteiger partial charge is 0.227 e. The average Bonchev–Trinajstić information content (AvgIpc) is 2.91. The number of benzene rings is 1. The fraction of sp³-hybridized carbons (Fsp3) is 0.0556. The molecule has 0 aliphatic carbocycles. The Morgan fingerprint density at radius 3 is 2.83 bits per heavy atom. The molecule has 0 saturated heterocycles.